The Labute approximate surface area is 204 Å². The fourth-order valence-corrected chi connectivity index (χ4v) is 2.99. The van der Waals surface area contributed by atoms with Crippen molar-refractivity contribution in [2.75, 3.05) is 0 Å². The molecule has 0 saturated carbocycles. The molecular formula is C24H20N6O6. The summed E-state index contributed by atoms with van der Waals surface area (Å²) in [6.45, 7) is 3.20. The first kappa shape index (κ1) is 25.4. The molecule has 12 heteroatoms. The van der Waals surface area contributed by atoms with E-state index in [0.29, 0.717) is 22.6 Å². The van der Waals surface area contributed by atoms with Gasteiger partial charge in [-0.2, -0.15) is 10.2 Å². The molecule has 3 aromatic carbocycles. The summed E-state index contributed by atoms with van der Waals surface area (Å²) in [5.74, 6) is -1.07. The first-order chi connectivity index (χ1) is 17.2. The van der Waals surface area contributed by atoms with E-state index < -0.39 is 21.7 Å². The molecule has 0 fully saturated rings. The van der Waals surface area contributed by atoms with Crippen LogP contribution in [0.1, 0.15) is 45.7 Å². The lowest BCUT2D eigenvalue weighted by Gasteiger charge is -2.05. The summed E-state index contributed by atoms with van der Waals surface area (Å²) in [6.07, 6.45) is 0. The molecule has 2 amide bonds. The van der Waals surface area contributed by atoms with E-state index in [1.807, 2.05) is 0 Å². The molecule has 0 aliphatic rings. The van der Waals surface area contributed by atoms with Gasteiger partial charge < -0.3 is 0 Å². The zero-order valence-corrected chi connectivity index (χ0v) is 19.2. The summed E-state index contributed by atoms with van der Waals surface area (Å²) < 4.78 is 0. The van der Waals surface area contributed by atoms with E-state index in [-0.39, 0.29) is 22.5 Å². The molecule has 0 radical (unpaired) electrons. The molecule has 0 aromatic heterocycles. The van der Waals surface area contributed by atoms with Gasteiger partial charge in [-0.05, 0) is 38.1 Å². The lowest BCUT2D eigenvalue weighted by Crippen LogP contribution is -2.21. The van der Waals surface area contributed by atoms with Crippen molar-refractivity contribution >= 4 is 34.6 Å². The number of amides is 2. The van der Waals surface area contributed by atoms with Crippen molar-refractivity contribution in [3.63, 3.8) is 0 Å². The lowest BCUT2D eigenvalue weighted by atomic mass is 10.1. The number of carbonyl (C=O) groups excluding carboxylic acids is 2. The van der Waals surface area contributed by atoms with Gasteiger partial charge in [0.1, 0.15) is 0 Å². The third kappa shape index (κ3) is 6.41. The first-order valence-electron chi connectivity index (χ1n) is 10.4. The molecule has 3 rings (SSSR count). The number of nitro benzene ring substituents is 2. The minimum absolute atomic E-state index is 0.0909. The molecule has 0 aliphatic heterocycles. The molecule has 36 heavy (non-hydrogen) atoms. The van der Waals surface area contributed by atoms with E-state index in [1.54, 1.807) is 26.0 Å². The molecule has 0 saturated heterocycles. The van der Waals surface area contributed by atoms with Gasteiger partial charge in [0.2, 0.25) is 0 Å². The van der Waals surface area contributed by atoms with Gasteiger partial charge in [-0.3, -0.25) is 29.8 Å². The molecule has 0 bridgehead atoms. The second-order valence-corrected chi connectivity index (χ2v) is 7.47. The monoisotopic (exact) mass is 488 g/mol. The maximum atomic E-state index is 12.4. The number of nitrogens with one attached hydrogen (secondary N) is 2. The highest BCUT2D eigenvalue weighted by Gasteiger charge is 2.11. The number of nitro groups is 2. The maximum absolute atomic E-state index is 12.4. The van der Waals surface area contributed by atoms with Crippen LogP contribution in [-0.2, 0) is 0 Å². The fourth-order valence-electron chi connectivity index (χ4n) is 2.99. The molecule has 2 N–H and O–H groups in total. The maximum Gasteiger partial charge on any atom is 0.271 e. The number of rotatable bonds is 8. The number of non-ortho nitro benzene ring substituents is 2. The van der Waals surface area contributed by atoms with Crippen LogP contribution in [0.5, 0.6) is 0 Å². The summed E-state index contributed by atoms with van der Waals surface area (Å²) in [7, 11) is 0. The van der Waals surface area contributed by atoms with E-state index >= 15 is 0 Å². The van der Waals surface area contributed by atoms with Gasteiger partial charge in [0.25, 0.3) is 23.2 Å². The number of hydrogen-bond acceptors (Lipinski definition) is 8. The molecular weight excluding hydrogens is 468 g/mol. The Kier molecular flexibility index (Phi) is 7.92. The summed E-state index contributed by atoms with van der Waals surface area (Å²) in [6, 6.07) is 17.4. The van der Waals surface area contributed by atoms with Gasteiger partial charge in [0, 0.05) is 46.5 Å². The van der Waals surface area contributed by atoms with Gasteiger partial charge in [-0.1, -0.05) is 24.3 Å². The van der Waals surface area contributed by atoms with Crippen LogP contribution >= 0.6 is 0 Å². The predicted octanol–water partition coefficient (Wildman–Crippen LogP) is 3.81. The van der Waals surface area contributed by atoms with Gasteiger partial charge in [0.05, 0.1) is 21.3 Å². The minimum atomic E-state index is -0.536. The highest BCUT2D eigenvalue weighted by atomic mass is 16.6. The Bertz CT molecular complexity index is 1290. The van der Waals surface area contributed by atoms with E-state index in [9.17, 15) is 29.8 Å². The molecule has 0 unspecified atom stereocenters. The van der Waals surface area contributed by atoms with Gasteiger partial charge >= 0.3 is 0 Å². The van der Waals surface area contributed by atoms with Crippen molar-refractivity contribution < 1.29 is 19.4 Å². The van der Waals surface area contributed by atoms with Crippen molar-refractivity contribution in [2.24, 2.45) is 10.2 Å². The highest BCUT2D eigenvalue weighted by Crippen LogP contribution is 2.15. The largest absolute Gasteiger partial charge is 0.271 e. The van der Waals surface area contributed by atoms with Crippen molar-refractivity contribution in [1.29, 1.82) is 0 Å². The van der Waals surface area contributed by atoms with Crippen molar-refractivity contribution in [3.8, 4) is 0 Å². The highest BCUT2D eigenvalue weighted by molar-refractivity contribution is 6.03. The summed E-state index contributed by atoms with van der Waals surface area (Å²) in [4.78, 5) is 45.6. The van der Waals surface area contributed by atoms with Crippen LogP contribution in [-0.4, -0.2) is 33.1 Å². The molecule has 3 aromatic rings. The smallest absolute Gasteiger partial charge is 0.267 e. The van der Waals surface area contributed by atoms with Crippen LogP contribution in [0.25, 0.3) is 0 Å². The molecule has 0 heterocycles. The summed E-state index contributed by atoms with van der Waals surface area (Å²) in [5, 5.41) is 29.8. The molecule has 0 atom stereocenters. The van der Waals surface area contributed by atoms with E-state index in [4.69, 9.17) is 0 Å². The second kappa shape index (κ2) is 11.2. The zero-order valence-electron chi connectivity index (χ0n) is 19.2. The van der Waals surface area contributed by atoms with Crippen LogP contribution in [0.15, 0.2) is 83.0 Å². The topological polar surface area (TPSA) is 169 Å². The Morgan fingerprint density at radius 3 is 1.33 bits per heavy atom. The minimum Gasteiger partial charge on any atom is -0.267 e. The number of hydrazone groups is 2. The van der Waals surface area contributed by atoms with Crippen LogP contribution in [0.2, 0.25) is 0 Å². The number of carbonyl (C=O) groups is 2. The molecule has 182 valence electrons. The summed E-state index contributed by atoms with van der Waals surface area (Å²) in [5.41, 5.74) is 6.75. The quantitative estimate of drug-likeness (QED) is 0.277. The van der Waals surface area contributed by atoms with E-state index in [1.165, 1.54) is 60.7 Å². The number of hydrogen-bond donors (Lipinski definition) is 2. The SMILES string of the molecule is CC(=NNC(=O)c1ccc(C(=O)NN=C(C)c2cccc([N+](=O)[O-])c2)cc1)c1cccc([N+](=O)[O-])c1. The predicted molar refractivity (Wildman–Crippen MR) is 132 cm³/mol. The van der Waals surface area contributed by atoms with Crippen LogP contribution < -0.4 is 10.9 Å². The average Bonchev–Trinajstić information content (AvgIpc) is 2.90. The summed E-state index contributed by atoms with van der Waals surface area (Å²) >= 11 is 0. The zero-order chi connectivity index (χ0) is 26.2. The Hall–Kier alpha value is -5.26. The molecule has 0 spiro atoms. The van der Waals surface area contributed by atoms with Crippen molar-refractivity contribution in [3.05, 3.63) is 115 Å². The Morgan fingerprint density at radius 1 is 0.639 bits per heavy atom. The standard InChI is InChI=1S/C24H20N6O6/c1-15(19-5-3-7-21(13-19)29(33)34)25-27-23(31)17-9-11-18(12-10-17)24(32)28-26-16(2)20-6-4-8-22(14-20)30(35)36/h3-14H,1-2H3,(H,27,31)(H,28,32). The van der Waals surface area contributed by atoms with E-state index in [0.717, 1.165) is 0 Å². The molecule has 0 aliphatic carbocycles. The van der Waals surface area contributed by atoms with Crippen LogP contribution in [0, 0.1) is 20.2 Å². The average molecular weight is 488 g/mol. The normalized spacial score (nSPS) is 11.5. The third-order valence-electron chi connectivity index (χ3n) is 5.01. The van der Waals surface area contributed by atoms with Gasteiger partial charge in [-0.15, -0.1) is 0 Å². The Balaban J connectivity index is 1.62. The second-order valence-electron chi connectivity index (χ2n) is 7.47. The van der Waals surface area contributed by atoms with E-state index in [2.05, 4.69) is 21.1 Å². The first-order valence-corrected chi connectivity index (χ1v) is 10.4. The molecule has 12 nitrogen and oxygen atoms in total. The lowest BCUT2D eigenvalue weighted by molar-refractivity contribution is -0.385. The van der Waals surface area contributed by atoms with Crippen LogP contribution in [0.4, 0.5) is 11.4 Å². The van der Waals surface area contributed by atoms with Gasteiger partial charge in [0.15, 0.2) is 0 Å². The number of benzene rings is 3. The van der Waals surface area contributed by atoms with Crippen molar-refractivity contribution in [1.82, 2.24) is 10.9 Å². The van der Waals surface area contributed by atoms with Crippen molar-refractivity contribution in [2.45, 2.75) is 13.8 Å². The van der Waals surface area contributed by atoms with Gasteiger partial charge in [-0.25, -0.2) is 10.9 Å². The van der Waals surface area contributed by atoms with Crippen LogP contribution in [0.3, 0.4) is 0 Å². The third-order valence-corrected chi connectivity index (χ3v) is 5.01. The Morgan fingerprint density at radius 2 is 1.00 bits per heavy atom. The fraction of sp³-hybridized carbons (Fsp3) is 0.0833. The number of nitrogens with zero attached hydrogens (tertiary/aromatic N) is 4.